The van der Waals surface area contributed by atoms with Crippen molar-refractivity contribution in [2.75, 3.05) is 20.1 Å². The molecule has 16 heavy (non-hydrogen) atoms. The Morgan fingerprint density at radius 1 is 1.62 bits per heavy atom. The van der Waals surface area contributed by atoms with Crippen LogP contribution >= 0.6 is 0 Å². The number of likely N-dealkylation sites (tertiary alicyclic amines) is 1. The van der Waals surface area contributed by atoms with Crippen LogP contribution in [0.3, 0.4) is 0 Å². The molecule has 0 saturated carbocycles. The Morgan fingerprint density at radius 3 is 3.00 bits per heavy atom. The number of nitrogens with two attached hydrogens (primary N) is 1. The average molecular weight is 226 g/mol. The number of hydrogen-bond acceptors (Lipinski definition) is 4. The predicted molar refractivity (Wildman–Crippen MR) is 59.2 cm³/mol. The number of aliphatic hydroxyl groups excluding tert-OH is 1. The molecule has 0 aromatic rings. The van der Waals surface area contributed by atoms with Gasteiger partial charge in [0.05, 0.1) is 0 Å². The Labute approximate surface area is 94.7 Å². The number of nitrogens with one attached hydrogen (secondary N) is 1. The molecule has 2 rings (SSSR count). The van der Waals surface area contributed by atoms with Gasteiger partial charge < -0.3 is 15.7 Å². The van der Waals surface area contributed by atoms with Crippen molar-refractivity contribution in [3.63, 3.8) is 0 Å². The van der Waals surface area contributed by atoms with Gasteiger partial charge in [-0.15, -0.1) is 0 Å². The van der Waals surface area contributed by atoms with Crippen LogP contribution < -0.4 is 11.1 Å². The summed E-state index contributed by atoms with van der Waals surface area (Å²) in [6.45, 7) is 1.60. The Hall–Kier alpha value is -1.27. The molecule has 1 unspecified atom stereocenters. The molecule has 2 amide bonds. The maximum Gasteiger partial charge on any atom is 0.324 e. The second-order valence-corrected chi connectivity index (χ2v) is 4.35. The summed E-state index contributed by atoms with van der Waals surface area (Å²) in [6, 6.07) is -0.146. The van der Waals surface area contributed by atoms with Crippen molar-refractivity contribution >= 4 is 6.03 Å². The third-order valence-electron chi connectivity index (χ3n) is 3.06. The topological polar surface area (TPSA) is 81.8 Å². The van der Waals surface area contributed by atoms with Crippen molar-refractivity contribution in [3.05, 3.63) is 11.9 Å². The number of rotatable bonds is 1. The molecule has 4 N–H and O–H groups in total. The monoisotopic (exact) mass is 226 g/mol. The Bertz CT molecular complexity index is 318. The van der Waals surface area contributed by atoms with E-state index in [0.29, 0.717) is 5.82 Å². The van der Waals surface area contributed by atoms with Gasteiger partial charge in [-0.2, -0.15) is 0 Å². The van der Waals surface area contributed by atoms with Crippen LogP contribution in [0.4, 0.5) is 4.79 Å². The number of carbonyl (C=O) groups excluding carboxylic acids is 1. The van der Waals surface area contributed by atoms with Gasteiger partial charge in [0.15, 0.2) is 6.23 Å². The Morgan fingerprint density at radius 2 is 2.38 bits per heavy atom. The molecule has 0 aliphatic carbocycles. The zero-order chi connectivity index (χ0) is 11.7. The van der Waals surface area contributed by atoms with Gasteiger partial charge in [-0.3, -0.25) is 10.2 Å². The van der Waals surface area contributed by atoms with Crippen molar-refractivity contribution < 1.29 is 9.90 Å². The van der Waals surface area contributed by atoms with Crippen LogP contribution in [0.25, 0.3) is 0 Å². The molecule has 90 valence electrons. The first-order chi connectivity index (χ1) is 7.58. The highest BCUT2D eigenvalue weighted by atomic mass is 16.3. The van der Waals surface area contributed by atoms with E-state index in [9.17, 15) is 9.90 Å². The van der Waals surface area contributed by atoms with E-state index >= 15 is 0 Å². The van der Waals surface area contributed by atoms with Gasteiger partial charge in [0, 0.05) is 32.3 Å². The summed E-state index contributed by atoms with van der Waals surface area (Å²) in [5.41, 5.74) is 5.87. The van der Waals surface area contributed by atoms with Gasteiger partial charge in [0.1, 0.15) is 5.82 Å². The SMILES string of the molecule is CN1C(=O)NC(N2CCC[C@@H](N)C2)=CC1O. The van der Waals surface area contributed by atoms with Gasteiger partial charge in [-0.05, 0) is 12.8 Å². The molecule has 6 heteroatoms. The quantitative estimate of drug-likeness (QED) is 0.548. The minimum atomic E-state index is -0.859. The lowest BCUT2D eigenvalue weighted by atomic mass is 10.1. The number of aliphatic hydroxyl groups is 1. The van der Waals surface area contributed by atoms with Crippen molar-refractivity contribution in [1.82, 2.24) is 15.1 Å². The molecular weight excluding hydrogens is 208 g/mol. The molecule has 1 fully saturated rings. The first kappa shape index (κ1) is 11.2. The molecule has 0 radical (unpaired) electrons. The number of urea groups is 1. The number of hydrogen-bond donors (Lipinski definition) is 3. The lowest BCUT2D eigenvalue weighted by Gasteiger charge is -2.38. The average Bonchev–Trinajstić information content (AvgIpc) is 2.25. The van der Waals surface area contributed by atoms with Crippen molar-refractivity contribution in [3.8, 4) is 0 Å². The number of likely N-dealkylation sites (N-methyl/N-ethyl adjacent to an activating group) is 1. The van der Waals surface area contributed by atoms with E-state index in [1.165, 1.54) is 4.90 Å². The fourth-order valence-electron chi connectivity index (χ4n) is 2.03. The van der Waals surface area contributed by atoms with Crippen molar-refractivity contribution in [2.45, 2.75) is 25.1 Å². The van der Waals surface area contributed by atoms with Gasteiger partial charge >= 0.3 is 6.03 Å². The fraction of sp³-hybridized carbons (Fsp3) is 0.700. The van der Waals surface area contributed by atoms with Crippen molar-refractivity contribution in [2.24, 2.45) is 5.73 Å². The number of piperidine rings is 1. The van der Waals surface area contributed by atoms with Crippen LogP contribution in [0.15, 0.2) is 11.9 Å². The third kappa shape index (κ3) is 2.12. The number of amides is 2. The standard InChI is InChI=1S/C10H18N4O2/c1-13-9(15)5-8(12-10(13)16)14-4-2-3-7(11)6-14/h5,7,9,15H,2-4,6,11H2,1H3,(H,12,16)/t7-,9?/m1/s1. The van der Waals surface area contributed by atoms with Crippen LogP contribution in [0.5, 0.6) is 0 Å². The Kier molecular flexibility index (Phi) is 3.02. The molecular formula is C10H18N4O2. The van der Waals surface area contributed by atoms with E-state index in [-0.39, 0.29) is 12.1 Å². The Balaban J connectivity index is 2.09. The van der Waals surface area contributed by atoms with E-state index in [0.717, 1.165) is 25.9 Å². The maximum atomic E-state index is 11.5. The van der Waals surface area contributed by atoms with Gasteiger partial charge in [0.25, 0.3) is 0 Å². The summed E-state index contributed by atoms with van der Waals surface area (Å²) < 4.78 is 0. The summed E-state index contributed by atoms with van der Waals surface area (Å²) in [5, 5.41) is 12.4. The zero-order valence-corrected chi connectivity index (χ0v) is 9.39. The molecule has 0 spiro atoms. The molecule has 0 aromatic carbocycles. The summed E-state index contributed by atoms with van der Waals surface area (Å²) in [5.74, 6) is 0.672. The highest BCUT2D eigenvalue weighted by Crippen LogP contribution is 2.16. The van der Waals surface area contributed by atoms with Crippen LogP contribution in [0.1, 0.15) is 12.8 Å². The molecule has 2 atom stereocenters. The first-order valence-corrected chi connectivity index (χ1v) is 5.52. The zero-order valence-electron chi connectivity index (χ0n) is 9.39. The van der Waals surface area contributed by atoms with Crippen LogP contribution in [-0.4, -0.2) is 53.3 Å². The lowest BCUT2D eigenvalue weighted by Crippen LogP contribution is -2.53. The van der Waals surface area contributed by atoms with Crippen LogP contribution in [0.2, 0.25) is 0 Å². The number of nitrogens with zero attached hydrogens (tertiary/aromatic N) is 2. The van der Waals surface area contributed by atoms with Crippen LogP contribution in [-0.2, 0) is 0 Å². The second kappa shape index (κ2) is 4.31. The van der Waals surface area contributed by atoms with Crippen molar-refractivity contribution in [1.29, 1.82) is 0 Å². The normalized spacial score (nSPS) is 31.2. The highest BCUT2D eigenvalue weighted by molar-refractivity contribution is 5.77. The summed E-state index contributed by atoms with van der Waals surface area (Å²) in [4.78, 5) is 14.8. The van der Waals surface area contributed by atoms with Crippen LogP contribution in [0, 0.1) is 0 Å². The van der Waals surface area contributed by atoms with E-state index < -0.39 is 6.23 Å². The van der Waals surface area contributed by atoms with E-state index in [1.54, 1.807) is 13.1 Å². The summed E-state index contributed by atoms with van der Waals surface area (Å²) in [7, 11) is 1.55. The summed E-state index contributed by atoms with van der Waals surface area (Å²) >= 11 is 0. The summed E-state index contributed by atoms with van der Waals surface area (Å²) in [6.07, 6.45) is 2.81. The fourth-order valence-corrected chi connectivity index (χ4v) is 2.03. The van der Waals surface area contributed by atoms with Gasteiger partial charge in [0.2, 0.25) is 0 Å². The molecule has 0 aromatic heterocycles. The second-order valence-electron chi connectivity index (χ2n) is 4.35. The number of carbonyl (C=O) groups is 1. The minimum Gasteiger partial charge on any atom is -0.370 e. The van der Waals surface area contributed by atoms with E-state index in [4.69, 9.17) is 5.73 Å². The van der Waals surface area contributed by atoms with Gasteiger partial charge in [-0.25, -0.2) is 4.79 Å². The molecule has 2 heterocycles. The maximum absolute atomic E-state index is 11.5. The smallest absolute Gasteiger partial charge is 0.324 e. The molecule has 2 aliphatic heterocycles. The van der Waals surface area contributed by atoms with E-state index in [1.807, 2.05) is 4.90 Å². The van der Waals surface area contributed by atoms with E-state index in [2.05, 4.69) is 5.32 Å². The van der Waals surface area contributed by atoms with Gasteiger partial charge in [-0.1, -0.05) is 0 Å². The predicted octanol–water partition coefficient (Wildman–Crippen LogP) is -0.776. The first-order valence-electron chi connectivity index (χ1n) is 5.52. The lowest BCUT2D eigenvalue weighted by molar-refractivity contribution is 0.0714. The third-order valence-corrected chi connectivity index (χ3v) is 3.06. The minimum absolute atomic E-state index is 0.142. The molecule has 0 bridgehead atoms. The highest BCUT2D eigenvalue weighted by Gasteiger charge is 2.27. The molecule has 1 saturated heterocycles. The largest absolute Gasteiger partial charge is 0.370 e. The molecule has 6 nitrogen and oxygen atoms in total. The molecule has 2 aliphatic rings.